The number of hydrogen-bond donors (Lipinski definition) is 1. The number of fused-ring (bicyclic) bond motifs is 1. The fourth-order valence-electron chi connectivity index (χ4n) is 2.24. The minimum Gasteiger partial charge on any atom is -0.494 e. The first-order valence-electron chi connectivity index (χ1n) is 7.33. The standard InChI is InChI=1S/C16H16BrN3O3S/c1-2-23-14-4-6-15(7-5-14)24(21,22)18-9-13-11-20-10-12(17)3-8-16(20)19-13/h3-8,10-11,18H,2,9H2,1H3. The first-order chi connectivity index (χ1) is 11.5. The zero-order valence-corrected chi connectivity index (χ0v) is 15.3. The van der Waals surface area contributed by atoms with Crippen LogP contribution in [-0.2, 0) is 16.6 Å². The molecule has 2 aromatic heterocycles. The third kappa shape index (κ3) is 3.77. The number of pyridine rings is 1. The van der Waals surface area contributed by atoms with E-state index in [4.69, 9.17) is 4.74 Å². The van der Waals surface area contributed by atoms with E-state index in [0.29, 0.717) is 18.1 Å². The molecule has 24 heavy (non-hydrogen) atoms. The van der Waals surface area contributed by atoms with Gasteiger partial charge in [-0.1, -0.05) is 0 Å². The Morgan fingerprint density at radius 2 is 1.92 bits per heavy atom. The summed E-state index contributed by atoms with van der Waals surface area (Å²) in [7, 11) is -3.60. The highest BCUT2D eigenvalue weighted by atomic mass is 79.9. The number of sulfonamides is 1. The molecule has 0 aliphatic rings. The molecular weight excluding hydrogens is 394 g/mol. The Bertz CT molecular complexity index is 952. The van der Waals surface area contributed by atoms with E-state index in [1.165, 1.54) is 12.1 Å². The van der Waals surface area contributed by atoms with Crippen LogP contribution in [-0.4, -0.2) is 24.4 Å². The quantitative estimate of drug-likeness (QED) is 0.678. The third-order valence-electron chi connectivity index (χ3n) is 3.35. The monoisotopic (exact) mass is 409 g/mol. The smallest absolute Gasteiger partial charge is 0.240 e. The number of benzene rings is 1. The van der Waals surface area contributed by atoms with E-state index < -0.39 is 10.0 Å². The number of ether oxygens (including phenoxy) is 1. The lowest BCUT2D eigenvalue weighted by molar-refractivity contribution is 0.340. The van der Waals surface area contributed by atoms with Crippen LogP contribution in [0.4, 0.5) is 0 Å². The summed E-state index contributed by atoms with van der Waals surface area (Å²) < 4.78 is 35.3. The molecule has 0 spiro atoms. The maximum Gasteiger partial charge on any atom is 0.240 e. The molecule has 0 bridgehead atoms. The second kappa shape index (κ2) is 6.92. The molecule has 0 fully saturated rings. The molecule has 6 nitrogen and oxygen atoms in total. The molecule has 0 radical (unpaired) electrons. The highest BCUT2D eigenvalue weighted by molar-refractivity contribution is 9.10. The Hall–Kier alpha value is -1.90. The molecule has 2 heterocycles. The molecule has 3 aromatic rings. The van der Waals surface area contributed by atoms with Gasteiger partial charge in [0.25, 0.3) is 0 Å². The normalized spacial score (nSPS) is 11.8. The number of imidazole rings is 1. The van der Waals surface area contributed by atoms with Crippen LogP contribution in [0.25, 0.3) is 5.65 Å². The lowest BCUT2D eigenvalue weighted by atomic mass is 10.3. The third-order valence-corrected chi connectivity index (χ3v) is 5.24. The summed E-state index contributed by atoms with van der Waals surface area (Å²) in [4.78, 5) is 4.58. The minimum absolute atomic E-state index is 0.120. The maximum absolute atomic E-state index is 12.3. The summed E-state index contributed by atoms with van der Waals surface area (Å²) in [5.41, 5.74) is 1.40. The van der Waals surface area contributed by atoms with Crippen LogP contribution in [0.3, 0.4) is 0 Å². The molecule has 126 valence electrons. The van der Waals surface area contributed by atoms with Crippen molar-refractivity contribution in [3.05, 3.63) is 59.0 Å². The summed E-state index contributed by atoms with van der Waals surface area (Å²) in [6.07, 6.45) is 3.66. The van der Waals surface area contributed by atoms with Gasteiger partial charge in [0.15, 0.2) is 0 Å². The summed E-state index contributed by atoms with van der Waals surface area (Å²) in [6, 6.07) is 10.1. The van der Waals surface area contributed by atoms with Gasteiger partial charge in [-0.15, -0.1) is 0 Å². The molecule has 1 aromatic carbocycles. The first kappa shape index (κ1) is 16.9. The summed E-state index contributed by atoms with van der Waals surface area (Å²) in [5, 5.41) is 0. The van der Waals surface area contributed by atoms with E-state index in [0.717, 1.165) is 10.1 Å². The molecule has 3 rings (SSSR count). The second-order valence-corrected chi connectivity index (χ2v) is 7.76. The van der Waals surface area contributed by atoms with Crippen LogP contribution in [0.2, 0.25) is 0 Å². The van der Waals surface area contributed by atoms with Gasteiger partial charge < -0.3 is 9.14 Å². The van der Waals surface area contributed by atoms with Crippen molar-refractivity contribution < 1.29 is 13.2 Å². The van der Waals surface area contributed by atoms with Crippen molar-refractivity contribution in [2.45, 2.75) is 18.4 Å². The van der Waals surface area contributed by atoms with Crippen LogP contribution in [0, 0.1) is 0 Å². The molecule has 0 saturated carbocycles. The van der Waals surface area contributed by atoms with Gasteiger partial charge in [-0.3, -0.25) is 0 Å². The lowest BCUT2D eigenvalue weighted by Gasteiger charge is -2.07. The second-order valence-electron chi connectivity index (χ2n) is 5.07. The van der Waals surface area contributed by atoms with Crippen LogP contribution in [0.15, 0.2) is 58.2 Å². The van der Waals surface area contributed by atoms with E-state index in [2.05, 4.69) is 25.6 Å². The van der Waals surface area contributed by atoms with Gasteiger partial charge in [-0.25, -0.2) is 18.1 Å². The predicted octanol–water partition coefficient (Wildman–Crippen LogP) is 2.97. The average Bonchev–Trinajstić information content (AvgIpc) is 2.96. The highest BCUT2D eigenvalue weighted by Gasteiger charge is 2.14. The lowest BCUT2D eigenvalue weighted by Crippen LogP contribution is -2.23. The van der Waals surface area contributed by atoms with E-state index in [1.807, 2.05) is 29.7 Å². The summed E-state index contributed by atoms with van der Waals surface area (Å²) in [6.45, 7) is 2.53. The molecule has 8 heteroatoms. The Morgan fingerprint density at radius 3 is 2.62 bits per heavy atom. The van der Waals surface area contributed by atoms with Crippen molar-refractivity contribution in [3.8, 4) is 5.75 Å². The van der Waals surface area contributed by atoms with Gasteiger partial charge in [-0.2, -0.15) is 0 Å². The van der Waals surface area contributed by atoms with Crippen LogP contribution in [0.1, 0.15) is 12.6 Å². The van der Waals surface area contributed by atoms with Gasteiger partial charge in [0, 0.05) is 16.9 Å². The van der Waals surface area contributed by atoms with Crippen LogP contribution in [0.5, 0.6) is 5.75 Å². The van der Waals surface area contributed by atoms with Crippen LogP contribution >= 0.6 is 15.9 Å². The van der Waals surface area contributed by atoms with Gasteiger partial charge in [0.2, 0.25) is 10.0 Å². The Morgan fingerprint density at radius 1 is 1.17 bits per heavy atom. The fraction of sp³-hybridized carbons (Fsp3) is 0.188. The van der Waals surface area contributed by atoms with Gasteiger partial charge >= 0.3 is 0 Å². The first-order valence-corrected chi connectivity index (χ1v) is 9.61. The number of nitrogens with one attached hydrogen (secondary N) is 1. The molecule has 0 unspecified atom stereocenters. The molecule has 1 N–H and O–H groups in total. The summed E-state index contributed by atoms with van der Waals surface area (Å²) in [5.74, 6) is 0.641. The SMILES string of the molecule is CCOc1ccc(S(=O)(=O)NCc2cn3cc(Br)ccc3n2)cc1. The molecular formula is C16H16BrN3O3S. The van der Waals surface area contributed by atoms with E-state index in [1.54, 1.807) is 18.3 Å². The predicted molar refractivity (Wildman–Crippen MR) is 94.5 cm³/mol. The molecule has 0 amide bonds. The van der Waals surface area contributed by atoms with Crippen molar-refractivity contribution in [2.75, 3.05) is 6.61 Å². The number of nitrogens with zero attached hydrogens (tertiary/aromatic N) is 2. The van der Waals surface area contributed by atoms with Crippen molar-refractivity contribution in [2.24, 2.45) is 0 Å². The van der Waals surface area contributed by atoms with Crippen molar-refractivity contribution in [3.63, 3.8) is 0 Å². The number of aromatic nitrogens is 2. The van der Waals surface area contributed by atoms with Crippen LogP contribution < -0.4 is 9.46 Å². The molecule has 0 aliphatic carbocycles. The van der Waals surface area contributed by atoms with Gasteiger partial charge in [0.1, 0.15) is 11.4 Å². The van der Waals surface area contributed by atoms with Crippen molar-refractivity contribution >= 4 is 31.6 Å². The van der Waals surface area contributed by atoms with Crippen molar-refractivity contribution in [1.82, 2.24) is 14.1 Å². The largest absolute Gasteiger partial charge is 0.494 e. The molecule has 0 atom stereocenters. The molecule has 0 aliphatic heterocycles. The Balaban J connectivity index is 1.73. The highest BCUT2D eigenvalue weighted by Crippen LogP contribution is 2.17. The topological polar surface area (TPSA) is 72.7 Å². The zero-order valence-electron chi connectivity index (χ0n) is 12.9. The minimum atomic E-state index is -3.60. The Labute approximate surface area is 148 Å². The van der Waals surface area contributed by atoms with Crippen molar-refractivity contribution in [1.29, 1.82) is 0 Å². The van der Waals surface area contributed by atoms with E-state index >= 15 is 0 Å². The fourth-order valence-corrected chi connectivity index (χ4v) is 3.59. The maximum atomic E-state index is 12.3. The zero-order chi connectivity index (χ0) is 17.2. The average molecular weight is 410 g/mol. The van der Waals surface area contributed by atoms with E-state index in [9.17, 15) is 8.42 Å². The number of hydrogen-bond acceptors (Lipinski definition) is 4. The van der Waals surface area contributed by atoms with Gasteiger partial charge in [0.05, 0.1) is 23.7 Å². The molecule has 0 saturated heterocycles. The van der Waals surface area contributed by atoms with Gasteiger partial charge in [-0.05, 0) is 59.3 Å². The summed E-state index contributed by atoms with van der Waals surface area (Å²) >= 11 is 3.39. The Kier molecular flexibility index (Phi) is 4.88. The number of rotatable bonds is 6. The number of halogens is 1. The van der Waals surface area contributed by atoms with E-state index in [-0.39, 0.29) is 11.4 Å².